The SMILES string of the molecule is CC(=O)C1CC=C2CCCCC2C1. The van der Waals surface area contributed by atoms with Gasteiger partial charge in [0.15, 0.2) is 0 Å². The maximum absolute atomic E-state index is 11.2. The fraction of sp³-hybridized carbons (Fsp3) is 0.750. The van der Waals surface area contributed by atoms with Crippen LogP contribution in [0.5, 0.6) is 0 Å². The highest BCUT2D eigenvalue weighted by atomic mass is 16.1. The molecule has 13 heavy (non-hydrogen) atoms. The van der Waals surface area contributed by atoms with Gasteiger partial charge in [0.2, 0.25) is 0 Å². The van der Waals surface area contributed by atoms with E-state index in [2.05, 4.69) is 6.08 Å². The van der Waals surface area contributed by atoms with Gasteiger partial charge < -0.3 is 0 Å². The molecule has 1 fully saturated rings. The molecular weight excluding hydrogens is 160 g/mol. The number of allylic oxidation sites excluding steroid dienone is 2. The molecule has 0 spiro atoms. The van der Waals surface area contributed by atoms with Gasteiger partial charge in [-0.05, 0) is 44.9 Å². The van der Waals surface area contributed by atoms with Crippen molar-refractivity contribution in [3.05, 3.63) is 11.6 Å². The maximum atomic E-state index is 11.2. The topological polar surface area (TPSA) is 17.1 Å². The molecular formula is C12H18O. The Kier molecular flexibility index (Phi) is 2.52. The van der Waals surface area contributed by atoms with Crippen LogP contribution in [0.3, 0.4) is 0 Å². The minimum Gasteiger partial charge on any atom is -0.300 e. The van der Waals surface area contributed by atoms with Crippen molar-refractivity contribution in [1.82, 2.24) is 0 Å². The second kappa shape index (κ2) is 3.65. The average Bonchev–Trinajstić information content (AvgIpc) is 2.17. The van der Waals surface area contributed by atoms with E-state index in [1.807, 2.05) is 0 Å². The van der Waals surface area contributed by atoms with E-state index in [-0.39, 0.29) is 0 Å². The normalized spacial score (nSPS) is 33.5. The Morgan fingerprint density at radius 2 is 2.31 bits per heavy atom. The van der Waals surface area contributed by atoms with Crippen LogP contribution in [0.2, 0.25) is 0 Å². The van der Waals surface area contributed by atoms with Gasteiger partial charge in [-0.2, -0.15) is 0 Å². The van der Waals surface area contributed by atoms with Gasteiger partial charge in [0.05, 0.1) is 0 Å². The highest BCUT2D eigenvalue weighted by Crippen LogP contribution is 2.38. The second-order valence-corrected chi connectivity index (χ2v) is 4.50. The monoisotopic (exact) mass is 178 g/mol. The van der Waals surface area contributed by atoms with Crippen molar-refractivity contribution in [3.63, 3.8) is 0 Å². The molecule has 2 unspecified atom stereocenters. The van der Waals surface area contributed by atoms with Crippen LogP contribution in [0.15, 0.2) is 11.6 Å². The first-order valence-electron chi connectivity index (χ1n) is 5.46. The van der Waals surface area contributed by atoms with Crippen molar-refractivity contribution in [2.75, 3.05) is 0 Å². The van der Waals surface area contributed by atoms with Crippen LogP contribution in [0.4, 0.5) is 0 Å². The zero-order valence-electron chi connectivity index (χ0n) is 8.38. The lowest BCUT2D eigenvalue weighted by Crippen LogP contribution is -2.23. The summed E-state index contributed by atoms with van der Waals surface area (Å²) < 4.78 is 0. The van der Waals surface area contributed by atoms with Crippen LogP contribution in [-0.2, 0) is 4.79 Å². The Morgan fingerprint density at radius 3 is 3.08 bits per heavy atom. The van der Waals surface area contributed by atoms with Gasteiger partial charge in [0, 0.05) is 5.92 Å². The van der Waals surface area contributed by atoms with Gasteiger partial charge in [0.1, 0.15) is 5.78 Å². The van der Waals surface area contributed by atoms with Crippen LogP contribution >= 0.6 is 0 Å². The van der Waals surface area contributed by atoms with E-state index >= 15 is 0 Å². The minimum atomic E-state index is 0.340. The molecule has 0 radical (unpaired) electrons. The Balaban J connectivity index is 2.07. The summed E-state index contributed by atoms with van der Waals surface area (Å²) in [6.07, 6.45) is 9.87. The molecule has 0 saturated heterocycles. The van der Waals surface area contributed by atoms with Crippen LogP contribution in [0, 0.1) is 11.8 Å². The van der Waals surface area contributed by atoms with Crippen molar-refractivity contribution in [2.24, 2.45) is 11.8 Å². The summed E-state index contributed by atoms with van der Waals surface area (Å²) in [5.74, 6) is 1.49. The number of Topliss-reactive ketones (excluding diaryl/α,β-unsaturated/α-hetero) is 1. The highest BCUT2D eigenvalue weighted by Gasteiger charge is 2.27. The molecule has 1 nitrogen and oxygen atoms in total. The zero-order chi connectivity index (χ0) is 9.26. The van der Waals surface area contributed by atoms with E-state index in [0.29, 0.717) is 11.7 Å². The molecule has 0 aromatic carbocycles. The number of carbonyl (C=O) groups is 1. The Bertz CT molecular complexity index is 240. The van der Waals surface area contributed by atoms with Crippen molar-refractivity contribution in [3.8, 4) is 0 Å². The number of hydrogen-bond donors (Lipinski definition) is 0. The Hall–Kier alpha value is -0.590. The van der Waals surface area contributed by atoms with Gasteiger partial charge in [-0.15, -0.1) is 0 Å². The van der Waals surface area contributed by atoms with E-state index in [9.17, 15) is 4.79 Å². The molecule has 1 heteroatoms. The Morgan fingerprint density at radius 1 is 1.46 bits per heavy atom. The smallest absolute Gasteiger partial charge is 0.133 e. The van der Waals surface area contributed by atoms with E-state index in [1.54, 1.807) is 12.5 Å². The predicted molar refractivity (Wildman–Crippen MR) is 53.4 cm³/mol. The van der Waals surface area contributed by atoms with Crippen LogP contribution < -0.4 is 0 Å². The van der Waals surface area contributed by atoms with Gasteiger partial charge in [-0.1, -0.05) is 18.1 Å². The van der Waals surface area contributed by atoms with E-state index in [1.165, 1.54) is 25.7 Å². The molecule has 2 aliphatic carbocycles. The fourth-order valence-corrected chi connectivity index (χ4v) is 2.71. The van der Waals surface area contributed by atoms with Gasteiger partial charge in [0.25, 0.3) is 0 Å². The summed E-state index contributed by atoms with van der Waals surface area (Å²) in [7, 11) is 0. The third kappa shape index (κ3) is 1.84. The second-order valence-electron chi connectivity index (χ2n) is 4.50. The standard InChI is InChI=1S/C12H18O/c1-9(13)11-7-6-10-4-2-3-5-12(10)8-11/h6,11-12H,2-5,7-8H2,1H3. The van der Waals surface area contributed by atoms with E-state index in [4.69, 9.17) is 0 Å². The molecule has 1 saturated carbocycles. The third-order valence-electron chi connectivity index (χ3n) is 3.60. The number of carbonyl (C=O) groups excluding carboxylic acids is 1. The first-order chi connectivity index (χ1) is 6.27. The van der Waals surface area contributed by atoms with Gasteiger partial charge in [-0.25, -0.2) is 0 Å². The lowest BCUT2D eigenvalue weighted by atomic mass is 9.73. The molecule has 72 valence electrons. The molecule has 0 aromatic heterocycles. The van der Waals surface area contributed by atoms with Crippen LogP contribution in [0.25, 0.3) is 0 Å². The third-order valence-corrected chi connectivity index (χ3v) is 3.60. The van der Waals surface area contributed by atoms with Crippen molar-refractivity contribution in [1.29, 1.82) is 0 Å². The number of rotatable bonds is 1. The molecule has 2 atom stereocenters. The number of ketones is 1. The number of hydrogen-bond acceptors (Lipinski definition) is 1. The summed E-state index contributed by atoms with van der Waals surface area (Å²) >= 11 is 0. The summed E-state index contributed by atoms with van der Waals surface area (Å²) in [5.41, 5.74) is 1.66. The summed E-state index contributed by atoms with van der Waals surface area (Å²) in [5, 5.41) is 0. The molecule has 0 heterocycles. The zero-order valence-corrected chi connectivity index (χ0v) is 8.38. The molecule has 0 bridgehead atoms. The lowest BCUT2D eigenvalue weighted by Gasteiger charge is -2.32. The van der Waals surface area contributed by atoms with E-state index in [0.717, 1.165) is 18.8 Å². The lowest BCUT2D eigenvalue weighted by molar-refractivity contribution is -0.121. The van der Waals surface area contributed by atoms with Crippen LogP contribution in [0.1, 0.15) is 45.4 Å². The quantitative estimate of drug-likeness (QED) is 0.564. The van der Waals surface area contributed by atoms with Crippen LogP contribution in [-0.4, -0.2) is 5.78 Å². The fourth-order valence-electron chi connectivity index (χ4n) is 2.71. The Labute approximate surface area is 80.2 Å². The summed E-state index contributed by atoms with van der Waals surface area (Å²) in [6.45, 7) is 1.74. The molecule has 2 aliphatic rings. The van der Waals surface area contributed by atoms with Crippen molar-refractivity contribution >= 4 is 5.78 Å². The van der Waals surface area contributed by atoms with Gasteiger partial charge in [-0.3, -0.25) is 4.79 Å². The predicted octanol–water partition coefficient (Wildman–Crippen LogP) is 3.10. The minimum absolute atomic E-state index is 0.340. The molecule has 0 N–H and O–H groups in total. The molecule has 2 rings (SSSR count). The largest absolute Gasteiger partial charge is 0.300 e. The molecule has 0 aliphatic heterocycles. The average molecular weight is 178 g/mol. The number of fused-ring (bicyclic) bond motifs is 1. The van der Waals surface area contributed by atoms with Crippen molar-refractivity contribution < 1.29 is 4.79 Å². The first-order valence-corrected chi connectivity index (χ1v) is 5.46. The van der Waals surface area contributed by atoms with E-state index < -0.39 is 0 Å². The first kappa shape index (κ1) is 8.98. The molecule has 0 aromatic rings. The highest BCUT2D eigenvalue weighted by molar-refractivity contribution is 5.78. The van der Waals surface area contributed by atoms with Crippen molar-refractivity contribution in [2.45, 2.75) is 45.4 Å². The maximum Gasteiger partial charge on any atom is 0.133 e. The van der Waals surface area contributed by atoms with Gasteiger partial charge >= 0.3 is 0 Å². The summed E-state index contributed by atoms with van der Waals surface area (Å²) in [4.78, 5) is 11.2. The summed E-state index contributed by atoms with van der Waals surface area (Å²) in [6, 6.07) is 0. The molecule has 0 amide bonds.